The Bertz CT molecular complexity index is 409. The molecule has 0 fully saturated rings. The average molecular weight is 192 g/mol. The van der Waals surface area contributed by atoms with Crippen LogP contribution in [0.5, 0.6) is 5.75 Å². The largest absolute Gasteiger partial charge is 0.508 e. The molecule has 0 heterocycles. The van der Waals surface area contributed by atoms with Gasteiger partial charge in [0.2, 0.25) is 0 Å². The Labute approximate surface area is 80.0 Å². The summed E-state index contributed by atoms with van der Waals surface area (Å²) in [5, 5.41) is 26.5. The number of hydrogen-bond donors (Lipinski definition) is 3. The van der Waals surface area contributed by atoms with Crippen LogP contribution >= 0.6 is 0 Å². The molecular weight excluding hydrogens is 184 g/mol. The van der Waals surface area contributed by atoms with Crippen molar-refractivity contribution in [1.29, 1.82) is 5.26 Å². The third kappa shape index (κ3) is 1.81. The van der Waals surface area contributed by atoms with Gasteiger partial charge in [0.1, 0.15) is 11.8 Å². The van der Waals surface area contributed by atoms with E-state index in [1.165, 1.54) is 18.2 Å². The van der Waals surface area contributed by atoms with Crippen LogP contribution in [0.25, 0.3) is 0 Å². The maximum absolute atomic E-state index is 10.5. The molecule has 0 spiro atoms. The molecule has 72 valence electrons. The predicted molar refractivity (Wildman–Crippen MR) is 47.4 cm³/mol. The van der Waals surface area contributed by atoms with Crippen molar-refractivity contribution in [3.8, 4) is 11.8 Å². The molecule has 0 radical (unpaired) electrons. The van der Waals surface area contributed by atoms with E-state index in [0.717, 1.165) is 0 Å². The lowest BCUT2D eigenvalue weighted by Crippen LogP contribution is -2.20. The van der Waals surface area contributed by atoms with Gasteiger partial charge >= 0.3 is 5.97 Å². The number of phenolic OH excluding ortho intramolecular Hbond substituents is 1. The molecule has 1 rings (SSSR count). The van der Waals surface area contributed by atoms with Crippen LogP contribution in [0.4, 0.5) is 0 Å². The molecule has 4 N–H and O–H groups in total. The molecule has 0 amide bonds. The van der Waals surface area contributed by atoms with Crippen molar-refractivity contribution in [3.63, 3.8) is 0 Å². The van der Waals surface area contributed by atoms with Gasteiger partial charge in [0.25, 0.3) is 0 Å². The summed E-state index contributed by atoms with van der Waals surface area (Å²) < 4.78 is 0. The topological polar surface area (TPSA) is 107 Å². The summed E-state index contributed by atoms with van der Waals surface area (Å²) in [5.41, 5.74) is 5.59. The fourth-order valence-corrected chi connectivity index (χ4v) is 1.01. The Kier molecular flexibility index (Phi) is 2.70. The van der Waals surface area contributed by atoms with Crippen molar-refractivity contribution in [2.45, 2.75) is 6.04 Å². The van der Waals surface area contributed by atoms with Gasteiger partial charge in [-0.15, -0.1) is 0 Å². The van der Waals surface area contributed by atoms with Crippen LogP contribution in [-0.4, -0.2) is 16.2 Å². The maximum atomic E-state index is 10.5. The SMILES string of the molecule is N#Cc1ccc(O)c(C(N)C(=O)O)c1. The van der Waals surface area contributed by atoms with Gasteiger partial charge in [0.15, 0.2) is 0 Å². The van der Waals surface area contributed by atoms with Gasteiger partial charge in [-0.3, -0.25) is 4.79 Å². The number of nitrogens with two attached hydrogens (primary N) is 1. The molecular formula is C9H8N2O3. The standard InChI is InChI=1S/C9H8N2O3/c10-4-5-1-2-7(12)6(3-5)8(11)9(13)14/h1-3,8,12H,11H2,(H,13,14). The molecule has 14 heavy (non-hydrogen) atoms. The number of hydrogen-bond acceptors (Lipinski definition) is 4. The predicted octanol–water partition coefficient (Wildman–Crippen LogP) is 0.348. The highest BCUT2D eigenvalue weighted by Gasteiger charge is 2.18. The van der Waals surface area contributed by atoms with E-state index in [1.807, 2.05) is 6.07 Å². The van der Waals surface area contributed by atoms with Crippen LogP contribution in [0, 0.1) is 11.3 Å². The number of benzene rings is 1. The second-order valence-corrected chi connectivity index (χ2v) is 2.70. The zero-order chi connectivity index (χ0) is 10.7. The quantitative estimate of drug-likeness (QED) is 0.626. The van der Waals surface area contributed by atoms with E-state index in [2.05, 4.69) is 0 Å². The molecule has 0 aromatic heterocycles. The number of carboxylic acids is 1. The molecule has 0 aliphatic carbocycles. The minimum absolute atomic E-state index is 0.0385. The first-order chi connectivity index (χ1) is 6.56. The summed E-state index contributed by atoms with van der Waals surface area (Å²) in [4.78, 5) is 10.5. The smallest absolute Gasteiger partial charge is 0.325 e. The Hall–Kier alpha value is -2.06. The van der Waals surface area contributed by atoms with Crippen LogP contribution in [0.3, 0.4) is 0 Å². The van der Waals surface area contributed by atoms with Gasteiger partial charge in [0.05, 0.1) is 11.6 Å². The van der Waals surface area contributed by atoms with Crippen molar-refractivity contribution in [2.24, 2.45) is 5.73 Å². The highest BCUT2D eigenvalue weighted by molar-refractivity contribution is 5.76. The molecule has 0 bridgehead atoms. The lowest BCUT2D eigenvalue weighted by Gasteiger charge is -2.08. The zero-order valence-electron chi connectivity index (χ0n) is 7.14. The summed E-state index contributed by atoms with van der Waals surface area (Å²) in [6.45, 7) is 0. The van der Waals surface area contributed by atoms with Crippen LogP contribution in [0.1, 0.15) is 17.2 Å². The van der Waals surface area contributed by atoms with E-state index in [0.29, 0.717) is 0 Å². The Morgan fingerprint density at radius 3 is 2.71 bits per heavy atom. The molecule has 5 heteroatoms. The number of phenols is 1. The number of carboxylic acid groups (broad SMARTS) is 1. The molecule has 1 aromatic rings. The van der Waals surface area contributed by atoms with Gasteiger partial charge in [0, 0.05) is 5.56 Å². The van der Waals surface area contributed by atoms with E-state index in [-0.39, 0.29) is 16.9 Å². The van der Waals surface area contributed by atoms with Gasteiger partial charge < -0.3 is 15.9 Å². The van der Waals surface area contributed by atoms with E-state index >= 15 is 0 Å². The number of aliphatic carboxylic acids is 1. The van der Waals surface area contributed by atoms with Crippen LogP contribution < -0.4 is 5.73 Å². The minimum Gasteiger partial charge on any atom is -0.508 e. The first kappa shape index (κ1) is 10.0. The number of nitrogens with zero attached hydrogens (tertiary/aromatic N) is 1. The van der Waals surface area contributed by atoms with E-state index < -0.39 is 12.0 Å². The normalized spacial score (nSPS) is 11.7. The highest BCUT2D eigenvalue weighted by atomic mass is 16.4. The average Bonchev–Trinajstić information content (AvgIpc) is 2.17. The summed E-state index contributed by atoms with van der Waals surface area (Å²) in [7, 11) is 0. The van der Waals surface area contributed by atoms with Gasteiger partial charge in [-0.05, 0) is 18.2 Å². The zero-order valence-corrected chi connectivity index (χ0v) is 7.14. The summed E-state index contributed by atoms with van der Waals surface area (Å²) >= 11 is 0. The molecule has 0 aliphatic heterocycles. The fraction of sp³-hybridized carbons (Fsp3) is 0.111. The first-order valence-electron chi connectivity index (χ1n) is 3.77. The third-order valence-corrected chi connectivity index (χ3v) is 1.76. The van der Waals surface area contributed by atoms with E-state index in [9.17, 15) is 9.90 Å². The van der Waals surface area contributed by atoms with Crippen molar-refractivity contribution >= 4 is 5.97 Å². The van der Waals surface area contributed by atoms with Crippen molar-refractivity contribution < 1.29 is 15.0 Å². The number of carbonyl (C=O) groups is 1. The summed E-state index contributed by atoms with van der Waals surface area (Å²) in [6.07, 6.45) is 0. The molecule has 0 saturated carbocycles. The van der Waals surface area contributed by atoms with Crippen LogP contribution in [0.15, 0.2) is 18.2 Å². The van der Waals surface area contributed by atoms with Crippen LogP contribution in [-0.2, 0) is 4.79 Å². The van der Waals surface area contributed by atoms with Gasteiger partial charge in [-0.25, -0.2) is 0 Å². The van der Waals surface area contributed by atoms with Crippen molar-refractivity contribution in [3.05, 3.63) is 29.3 Å². The van der Waals surface area contributed by atoms with Crippen molar-refractivity contribution in [1.82, 2.24) is 0 Å². The van der Waals surface area contributed by atoms with Crippen molar-refractivity contribution in [2.75, 3.05) is 0 Å². The minimum atomic E-state index is -1.32. The second kappa shape index (κ2) is 3.77. The summed E-state index contributed by atoms with van der Waals surface area (Å²) in [6, 6.07) is 4.40. The highest BCUT2D eigenvalue weighted by Crippen LogP contribution is 2.23. The molecule has 1 aromatic carbocycles. The molecule has 5 nitrogen and oxygen atoms in total. The number of nitriles is 1. The number of aromatic hydroxyl groups is 1. The summed E-state index contributed by atoms with van der Waals surface area (Å²) in [5.74, 6) is -1.48. The molecule has 0 aliphatic rings. The van der Waals surface area contributed by atoms with Crippen LogP contribution in [0.2, 0.25) is 0 Å². The van der Waals surface area contributed by atoms with E-state index in [1.54, 1.807) is 0 Å². The lowest BCUT2D eigenvalue weighted by molar-refractivity contribution is -0.138. The Morgan fingerprint density at radius 2 is 2.21 bits per heavy atom. The van der Waals surface area contributed by atoms with E-state index in [4.69, 9.17) is 16.1 Å². The first-order valence-corrected chi connectivity index (χ1v) is 3.77. The Morgan fingerprint density at radius 1 is 1.57 bits per heavy atom. The van der Waals surface area contributed by atoms with Gasteiger partial charge in [-0.1, -0.05) is 0 Å². The monoisotopic (exact) mass is 192 g/mol. The fourth-order valence-electron chi connectivity index (χ4n) is 1.01. The maximum Gasteiger partial charge on any atom is 0.325 e. The Balaban J connectivity index is 3.20. The third-order valence-electron chi connectivity index (χ3n) is 1.76. The molecule has 1 atom stereocenters. The molecule has 0 saturated heterocycles. The molecule has 1 unspecified atom stereocenters. The lowest BCUT2D eigenvalue weighted by atomic mass is 10.0. The number of rotatable bonds is 2. The van der Waals surface area contributed by atoms with Gasteiger partial charge in [-0.2, -0.15) is 5.26 Å². The second-order valence-electron chi connectivity index (χ2n) is 2.70.